The molecule has 0 aromatic heterocycles. The number of phenols is 1. The van der Waals surface area contributed by atoms with Crippen molar-refractivity contribution in [3.63, 3.8) is 0 Å². The lowest BCUT2D eigenvalue weighted by atomic mass is 9.96. The average Bonchev–Trinajstić information content (AvgIpc) is 2.81. The summed E-state index contributed by atoms with van der Waals surface area (Å²) in [5.74, 6) is -4.97. The van der Waals surface area contributed by atoms with Crippen LogP contribution in [-0.2, 0) is 30.4 Å². The van der Waals surface area contributed by atoms with Crippen LogP contribution in [0, 0.1) is 11.8 Å². The van der Waals surface area contributed by atoms with Crippen molar-refractivity contribution in [3.05, 3.63) is 29.8 Å². The molecule has 0 aliphatic carbocycles. The number of benzene rings is 1. The van der Waals surface area contributed by atoms with E-state index in [0.717, 1.165) is 0 Å². The molecule has 1 aromatic carbocycles. The van der Waals surface area contributed by atoms with Gasteiger partial charge in [-0.15, -0.1) is 0 Å². The van der Waals surface area contributed by atoms with Crippen LogP contribution in [0.4, 0.5) is 0 Å². The molecule has 0 bridgehead atoms. The molecule has 0 spiro atoms. The molecule has 0 saturated heterocycles. The minimum atomic E-state index is -1.47. The molecule has 0 radical (unpaired) electrons. The maximum atomic E-state index is 13.1. The van der Waals surface area contributed by atoms with Crippen molar-refractivity contribution in [2.45, 2.75) is 71.1 Å². The van der Waals surface area contributed by atoms with E-state index in [1.807, 2.05) is 6.92 Å². The van der Waals surface area contributed by atoms with E-state index in [4.69, 9.17) is 11.5 Å². The van der Waals surface area contributed by atoms with Crippen molar-refractivity contribution in [1.82, 2.24) is 16.0 Å². The Bertz CT molecular complexity index is 935. The fourth-order valence-corrected chi connectivity index (χ4v) is 3.27. The van der Waals surface area contributed by atoms with Gasteiger partial charge < -0.3 is 37.6 Å². The Hall–Kier alpha value is -3.67. The van der Waals surface area contributed by atoms with E-state index in [1.54, 1.807) is 20.8 Å². The molecule has 1 aromatic rings. The van der Waals surface area contributed by atoms with Gasteiger partial charge in [-0.25, -0.2) is 4.79 Å². The molecule has 12 heteroatoms. The minimum Gasteiger partial charge on any atom is -0.508 e. The number of carbonyl (C=O) groups is 5. The Kier molecular flexibility index (Phi) is 11.8. The Labute approximate surface area is 210 Å². The van der Waals surface area contributed by atoms with Gasteiger partial charge in [0.05, 0.1) is 12.5 Å². The molecular formula is C24H37N5O7. The highest BCUT2D eigenvalue weighted by atomic mass is 16.4. The molecule has 36 heavy (non-hydrogen) atoms. The van der Waals surface area contributed by atoms with E-state index in [1.165, 1.54) is 24.3 Å². The first-order valence-corrected chi connectivity index (χ1v) is 11.7. The molecular weight excluding hydrogens is 470 g/mol. The Morgan fingerprint density at radius 2 is 1.44 bits per heavy atom. The van der Waals surface area contributed by atoms with Gasteiger partial charge in [-0.3, -0.25) is 19.2 Å². The Morgan fingerprint density at radius 1 is 0.889 bits per heavy atom. The second kappa shape index (κ2) is 14.0. The first-order chi connectivity index (χ1) is 16.8. The lowest BCUT2D eigenvalue weighted by Gasteiger charge is -2.28. The van der Waals surface area contributed by atoms with Crippen LogP contribution in [0.1, 0.15) is 46.1 Å². The zero-order valence-electron chi connectivity index (χ0n) is 21.0. The highest BCUT2D eigenvalue weighted by Gasteiger charge is 2.33. The fraction of sp³-hybridized carbons (Fsp3) is 0.542. The van der Waals surface area contributed by atoms with Crippen LogP contribution in [0.15, 0.2) is 24.3 Å². The molecule has 0 aliphatic rings. The van der Waals surface area contributed by atoms with Gasteiger partial charge in [0.2, 0.25) is 23.6 Å². The second-order valence-electron chi connectivity index (χ2n) is 9.14. The van der Waals surface area contributed by atoms with E-state index in [9.17, 15) is 34.2 Å². The maximum absolute atomic E-state index is 13.1. The third-order valence-corrected chi connectivity index (χ3v) is 5.84. The standard InChI is InChI=1S/C24H37N5O7/c1-5-13(4)20(29-22(33)19(26)12(2)3)23(34)27-16(11-18(25)31)21(32)28-17(24(35)36)10-14-6-8-15(30)9-7-14/h6-9,12-13,16-17,19-20,30H,5,10-11,26H2,1-4H3,(H2,25,31)(H,27,34)(H,28,32)(H,29,33)(H,35,36). The van der Waals surface area contributed by atoms with Crippen LogP contribution in [0.2, 0.25) is 0 Å². The molecule has 5 unspecified atom stereocenters. The van der Waals surface area contributed by atoms with Crippen molar-refractivity contribution < 1.29 is 34.2 Å². The second-order valence-corrected chi connectivity index (χ2v) is 9.14. The molecule has 0 fully saturated rings. The highest BCUT2D eigenvalue weighted by Crippen LogP contribution is 2.13. The molecule has 4 amide bonds. The number of carbonyl (C=O) groups excluding carboxylic acids is 4. The predicted molar refractivity (Wildman–Crippen MR) is 131 cm³/mol. The molecule has 200 valence electrons. The number of carboxylic acid groups (broad SMARTS) is 1. The molecule has 5 atom stereocenters. The van der Waals surface area contributed by atoms with E-state index in [-0.39, 0.29) is 24.0 Å². The van der Waals surface area contributed by atoms with Gasteiger partial charge in [0, 0.05) is 6.42 Å². The summed E-state index contributed by atoms with van der Waals surface area (Å²) >= 11 is 0. The zero-order valence-corrected chi connectivity index (χ0v) is 21.0. The largest absolute Gasteiger partial charge is 0.508 e. The molecule has 0 saturated carbocycles. The number of amides is 4. The van der Waals surface area contributed by atoms with Crippen molar-refractivity contribution in [2.75, 3.05) is 0 Å². The van der Waals surface area contributed by atoms with Gasteiger partial charge in [0.25, 0.3) is 0 Å². The molecule has 12 nitrogen and oxygen atoms in total. The third kappa shape index (κ3) is 9.53. The minimum absolute atomic E-state index is 0.00352. The summed E-state index contributed by atoms with van der Waals surface area (Å²) in [6, 6.07) is 0.986. The van der Waals surface area contributed by atoms with Crippen molar-refractivity contribution >= 4 is 29.6 Å². The summed E-state index contributed by atoms with van der Waals surface area (Å²) in [4.78, 5) is 61.8. The average molecular weight is 508 g/mol. The number of carboxylic acids is 1. The number of aromatic hydroxyl groups is 1. The highest BCUT2D eigenvalue weighted by molar-refractivity contribution is 5.96. The van der Waals surface area contributed by atoms with Gasteiger partial charge >= 0.3 is 5.97 Å². The first kappa shape index (κ1) is 30.4. The summed E-state index contributed by atoms with van der Waals surface area (Å²) < 4.78 is 0. The normalized spacial score (nSPS) is 15.2. The van der Waals surface area contributed by atoms with Gasteiger partial charge in [-0.2, -0.15) is 0 Å². The number of phenolic OH excluding ortho intramolecular Hbond substituents is 1. The summed E-state index contributed by atoms with van der Waals surface area (Å²) in [6.07, 6.45) is -0.192. The zero-order chi connectivity index (χ0) is 27.6. The van der Waals surface area contributed by atoms with Crippen molar-refractivity contribution in [1.29, 1.82) is 0 Å². The summed E-state index contributed by atoms with van der Waals surface area (Å²) in [5, 5.41) is 26.3. The van der Waals surface area contributed by atoms with E-state index in [2.05, 4.69) is 16.0 Å². The molecule has 0 aliphatic heterocycles. The van der Waals surface area contributed by atoms with Crippen LogP contribution in [0.25, 0.3) is 0 Å². The summed E-state index contributed by atoms with van der Waals surface area (Å²) in [6.45, 7) is 7.06. The maximum Gasteiger partial charge on any atom is 0.326 e. The lowest BCUT2D eigenvalue weighted by Crippen LogP contribution is -2.59. The van der Waals surface area contributed by atoms with E-state index >= 15 is 0 Å². The van der Waals surface area contributed by atoms with Gasteiger partial charge in [-0.1, -0.05) is 46.2 Å². The Morgan fingerprint density at radius 3 is 1.92 bits per heavy atom. The number of aliphatic carboxylic acids is 1. The third-order valence-electron chi connectivity index (χ3n) is 5.84. The SMILES string of the molecule is CCC(C)C(NC(=O)C(N)C(C)C)C(=O)NC(CC(N)=O)C(=O)NC(Cc1ccc(O)cc1)C(=O)O. The molecule has 1 rings (SSSR count). The van der Waals surface area contributed by atoms with E-state index in [0.29, 0.717) is 12.0 Å². The smallest absolute Gasteiger partial charge is 0.326 e. The quantitative estimate of drug-likeness (QED) is 0.172. The van der Waals surface area contributed by atoms with Crippen LogP contribution < -0.4 is 27.4 Å². The topological polar surface area (TPSA) is 214 Å². The fourth-order valence-electron chi connectivity index (χ4n) is 3.27. The van der Waals surface area contributed by atoms with E-state index < -0.39 is 60.2 Å². The molecule has 0 heterocycles. The first-order valence-electron chi connectivity index (χ1n) is 11.7. The number of rotatable bonds is 14. The molecule has 9 N–H and O–H groups in total. The summed E-state index contributed by atoms with van der Waals surface area (Å²) in [7, 11) is 0. The van der Waals surface area contributed by atoms with Gasteiger partial charge in [0.15, 0.2) is 0 Å². The monoisotopic (exact) mass is 507 g/mol. The van der Waals surface area contributed by atoms with Gasteiger partial charge in [0.1, 0.15) is 23.9 Å². The Balaban J connectivity index is 3.06. The van der Waals surface area contributed by atoms with Gasteiger partial charge in [-0.05, 0) is 29.5 Å². The number of hydrogen-bond acceptors (Lipinski definition) is 7. The predicted octanol–water partition coefficient (Wildman–Crippen LogP) is -0.621. The lowest BCUT2D eigenvalue weighted by molar-refractivity contribution is -0.142. The van der Waals surface area contributed by atoms with Crippen LogP contribution >= 0.6 is 0 Å². The van der Waals surface area contributed by atoms with Crippen LogP contribution in [0.3, 0.4) is 0 Å². The number of hydrogen-bond donors (Lipinski definition) is 7. The number of nitrogens with one attached hydrogen (secondary N) is 3. The van der Waals surface area contributed by atoms with Crippen molar-refractivity contribution in [2.24, 2.45) is 23.3 Å². The van der Waals surface area contributed by atoms with Crippen molar-refractivity contribution in [3.8, 4) is 5.75 Å². The summed E-state index contributed by atoms with van der Waals surface area (Å²) in [5.41, 5.74) is 11.7. The van der Waals surface area contributed by atoms with Crippen LogP contribution in [0.5, 0.6) is 5.75 Å². The van der Waals surface area contributed by atoms with Crippen LogP contribution in [-0.4, -0.2) is 64.0 Å². The number of nitrogens with two attached hydrogens (primary N) is 2. The number of primary amides is 1.